The van der Waals surface area contributed by atoms with E-state index < -0.39 is 0 Å². The summed E-state index contributed by atoms with van der Waals surface area (Å²) in [6.45, 7) is 8.35. The molecule has 13 heavy (non-hydrogen) atoms. The third-order valence-corrected chi connectivity index (χ3v) is 2.46. The molecule has 0 aliphatic carbocycles. The lowest BCUT2D eigenvalue weighted by molar-refractivity contribution is 0.568. The summed E-state index contributed by atoms with van der Waals surface area (Å²) in [5.41, 5.74) is 3.89. The second kappa shape index (κ2) is 4.42. The van der Waals surface area contributed by atoms with E-state index in [9.17, 15) is 0 Å². The molecule has 0 fully saturated rings. The second-order valence-electron chi connectivity index (χ2n) is 3.33. The number of aromatic nitrogens is 2. The van der Waals surface area contributed by atoms with Crippen LogP contribution < -0.4 is 5.32 Å². The Hall–Kier alpha value is -0.830. The van der Waals surface area contributed by atoms with Crippen molar-refractivity contribution in [2.75, 3.05) is 13.6 Å². The molecule has 1 heterocycles. The van der Waals surface area contributed by atoms with Gasteiger partial charge >= 0.3 is 0 Å². The Morgan fingerprint density at radius 2 is 2.08 bits per heavy atom. The summed E-state index contributed by atoms with van der Waals surface area (Å²) in [6.07, 6.45) is 1.08. The monoisotopic (exact) mass is 181 g/mol. The van der Waals surface area contributed by atoms with E-state index in [0.717, 1.165) is 19.5 Å². The van der Waals surface area contributed by atoms with Gasteiger partial charge in [-0.1, -0.05) is 6.92 Å². The van der Waals surface area contributed by atoms with Crippen molar-refractivity contribution < 1.29 is 0 Å². The zero-order valence-electron chi connectivity index (χ0n) is 9.02. The van der Waals surface area contributed by atoms with Gasteiger partial charge in [-0.15, -0.1) is 0 Å². The fourth-order valence-corrected chi connectivity index (χ4v) is 1.68. The number of rotatable bonds is 4. The van der Waals surface area contributed by atoms with E-state index in [1.807, 2.05) is 7.05 Å². The highest BCUT2D eigenvalue weighted by Gasteiger charge is 2.08. The molecule has 0 saturated heterocycles. The van der Waals surface area contributed by atoms with Crippen LogP contribution in [0.3, 0.4) is 0 Å². The maximum atomic E-state index is 4.50. The zero-order chi connectivity index (χ0) is 9.84. The average molecular weight is 181 g/mol. The minimum absolute atomic E-state index is 0.961. The smallest absolute Gasteiger partial charge is 0.0628 e. The fraction of sp³-hybridized carbons (Fsp3) is 0.700. The molecule has 1 aromatic heterocycles. The van der Waals surface area contributed by atoms with E-state index in [-0.39, 0.29) is 0 Å². The summed E-state index contributed by atoms with van der Waals surface area (Å²) in [5, 5.41) is 7.62. The van der Waals surface area contributed by atoms with E-state index in [4.69, 9.17) is 0 Å². The molecule has 1 N–H and O–H groups in total. The summed E-state index contributed by atoms with van der Waals surface area (Å²) in [6, 6.07) is 0. The Labute approximate surface area is 80.1 Å². The van der Waals surface area contributed by atoms with Gasteiger partial charge in [0.1, 0.15) is 0 Å². The van der Waals surface area contributed by atoms with Crippen molar-refractivity contribution in [3.63, 3.8) is 0 Å². The molecule has 0 spiro atoms. The number of hydrogen-bond acceptors (Lipinski definition) is 2. The highest BCUT2D eigenvalue weighted by molar-refractivity contribution is 5.24. The van der Waals surface area contributed by atoms with E-state index in [1.165, 1.54) is 17.0 Å². The minimum Gasteiger partial charge on any atom is -0.318 e. The van der Waals surface area contributed by atoms with Gasteiger partial charge in [0.15, 0.2) is 0 Å². The second-order valence-corrected chi connectivity index (χ2v) is 3.33. The molecule has 3 heteroatoms. The maximum Gasteiger partial charge on any atom is 0.0628 e. The summed E-state index contributed by atoms with van der Waals surface area (Å²) >= 11 is 0. The highest BCUT2D eigenvalue weighted by atomic mass is 15.3. The molecule has 1 aromatic rings. The number of likely N-dealkylation sites (N-methyl/N-ethyl adjacent to an activating group) is 1. The highest BCUT2D eigenvalue weighted by Crippen LogP contribution is 2.12. The molecular weight excluding hydrogens is 162 g/mol. The normalized spacial score (nSPS) is 10.8. The van der Waals surface area contributed by atoms with Crippen molar-refractivity contribution in [1.82, 2.24) is 15.1 Å². The molecule has 0 atom stereocenters. The van der Waals surface area contributed by atoms with Gasteiger partial charge in [-0.25, -0.2) is 0 Å². The summed E-state index contributed by atoms with van der Waals surface area (Å²) < 4.78 is 2.09. The van der Waals surface area contributed by atoms with Crippen molar-refractivity contribution >= 4 is 0 Å². The number of aryl methyl sites for hydroxylation is 1. The summed E-state index contributed by atoms with van der Waals surface area (Å²) in [4.78, 5) is 0. The predicted octanol–water partition coefficient (Wildman–Crippen LogP) is 1.28. The van der Waals surface area contributed by atoms with Crippen molar-refractivity contribution in [1.29, 1.82) is 0 Å². The average Bonchev–Trinajstić information content (AvgIpc) is 2.38. The Kier molecular flexibility index (Phi) is 3.48. The third-order valence-electron chi connectivity index (χ3n) is 2.46. The van der Waals surface area contributed by atoms with Crippen LogP contribution in [0, 0.1) is 13.8 Å². The lowest BCUT2D eigenvalue weighted by atomic mass is 10.1. The van der Waals surface area contributed by atoms with E-state index in [2.05, 4.69) is 35.9 Å². The van der Waals surface area contributed by atoms with Crippen molar-refractivity contribution in [2.24, 2.45) is 0 Å². The van der Waals surface area contributed by atoms with Gasteiger partial charge in [0, 0.05) is 12.2 Å². The first-order chi connectivity index (χ1) is 6.20. The van der Waals surface area contributed by atoms with Gasteiger partial charge in [0.2, 0.25) is 0 Å². The molecule has 0 aliphatic rings. The van der Waals surface area contributed by atoms with Crippen LogP contribution in [-0.4, -0.2) is 23.4 Å². The van der Waals surface area contributed by atoms with Gasteiger partial charge < -0.3 is 5.32 Å². The van der Waals surface area contributed by atoms with Gasteiger partial charge in [-0.2, -0.15) is 5.10 Å². The standard InChI is InChI=1S/C10H19N3/c1-5-10-8(2)12-13(9(10)3)7-6-11-4/h11H,5-7H2,1-4H3. The van der Waals surface area contributed by atoms with Crippen molar-refractivity contribution in [3.8, 4) is 0 Å². The largest absolute Gasteiger partial charge is 0.318 e. The van der Waals surface area contributed by atoms with Crippen LogP contribution in [0.4, 0.5) is 0 Å². The van der Waals surface area contributed by atoms with Crippen LogP contribution in [0.1, 0.15) is 23.9 Å². The van der Waals surface area contributed by atoms with Crippen LogP contribution in [0.2, 0.25) is 0 Å². The molecule has 0 amide bonds. The Morgan fingerprint density at radius 1 is 1.38 bits per heavy atom. The summed E-state index contributed by atoms with van der Waals surface area (Å²) in [7, 11) is 1.96. The van der Waals surface area contributed by atoms with Crippen LogP contribution in [-0.2, 0) is 13.0 Å². The molecule has 0 saturated carbocycles. The van der Waals surface area contributed by atoms with E-state index >= 15 is 0 Å². The lowest BCUT2D eigenvalue weighted by Crippen LogP contribution is -2.16. The molecule has 0 radical (unpaired) electrons. The quantitative estimate of drug-likeness (QED) is 0.758. The lowest BCUT2D eigenvalue weighted by Gasteiger charge is -2.03. The molecular formula is C10H19N3. The first kappa shape index (κ1) is 10.3. The topological polar surface area (TPSA) is 29.9 Å². The maximum absolute atomic E-state index is 4.50. The minimum atomic E-state index is 0.961. The van der Waals surface area contributed by atoms with Crippen LogP contribution in [0.25, 0.3) is 0 Å². The van der Waals surface area contributed by atoms with Crippen molar-refractivity contribution in [3.05, 3.63) is 17.0 Å². The SMILES string of the molecule is CCc1c(C)nn(CCNC)c1C. The van der Waals surface area contributed by atoms with E-state index in [1.54, 1.807) is 0 Å². The van der Waals surface area contributed by atoms with Crippen LogP contribution in [0.15, 0.2) is 0 Å². The fourth-order valence-electron chi connectivity index (χ4n) is 1.68. The number of nitrogens with zero attached hydrogens (tertiary/aromatic N) is 2. The third kappa shape index (κ3) is 2.10. The summed E-state index contributed by atoms with van der Waals surface area (Å²) in [5.74, 6) is 0. The van der Waals surface area contributed by atoms with Gasteiger partial charge in [0.25, 0.3) is 0 Å². The van der Waals surface area contributed by atoms with E-state index in [0.29, 0.717) is 0 Å². The number of hydrogen-bond donors (Lipinski definition) is 1. The number of nitrogens with one attached hydrogen (secondary N) is 1. The van der Waals surface area contributed by atoms with Gasteiger partial charge in [-0.05, 0) is 32.9 Å². The Bertz CT molecular complexity index is 276. The molecule has 74 valence electrons. The first-order valence-electron chi connectivity index (χ1n) is 4.88. The molecule has 0 unspecified atom stereocenters. The van der Waals surface area contributed by atoms with Crippen LogP contribution in [0.5, 0.6) is 0 Å². The van der Waals surface area contributed by atoms with Crippen LogP contribution >= 0.6 is 0 Å². The molecule has 3 nitrogen and oxygen atoms in total. The van der Waals surface area contributed by atoms with Gasteiger partial charge in [-0.3, -0.25) is 4.68 Å². The zero-order valence-corrected chi connectivity index (χ0v) is 9.02. The Balaban J connectivity index is 2.83. The molecule has 1 rings (SSSR count). The first-order valence-corrected chi connectivity index (χ1v) is 4.88. The van der Waals surface area contributed by atoms with Crippen molar-refractivity contribution in [2.45, 2.75) is 33.7 Å². The Morgan fingerprint density at radius 3 is 2.54 bits per heavy atom. The predicted molar refractivity (Wildman–Crippen MR) is 55.0 cm³/mol. The molecule has 0 aliphatic heterocycles. The molecule has 0 aromatic carbocycles. The van der Waals surface area contributed by atoms with Gasteiger partial charge in [0.05, 0.1) is 12.2 Å². The molecule has 0 bridgehead atoms.